The molecule has 3 aliphatic heterocycles. The Morgan fingerprint density at radius 2 is 1.93 bits per heavy atom. The zero-order chi connectivity index (χ0) is 20.7. The lowest BCUT2D eigenvalue weighted by molar-refractivity contribution is -0.136. The van der Waals surface area contributed by atoms with Gasteiger partial charge in [-0.15, -0.1) is 0 Å². The van der Waals surface area contributed by atoms with E-state index in [1.807, 2.05) is 12.1 Å². The van der Waals surface area contributed by atoms with E-state index in [0.29, 0.717) is 30.0 Å². The van der Waals surface area contributed by atoms with Crippen LogP contribution in [0.4, 0.5) is 0 Å². The molecule has 1 aromatic carbocycles. The number of hydrogen-bond donors (Lipinski definition) is 3. The Hall–Kier alpha value is -2.25. The third-order valence-corrected chi connectivity index (χ3v) is 7.55. The monoisotopic (exact) mass is 410 g/mol. The molecular formula is C23H30N4O3. The van der Waals surface area contributed by atoms with Crippen molar-refractivity contribution in [2.24, 2.45) is 5.41 Å². The molecule has 0 aromatic heterocycles. The molecule has 7 nitrogen and oxygen atoms in total. The molecule has 1 spiro atoms. The van der Waals surface area contributed by atoms with Crippen LogP contribution in [0.1, 0.15) is 66.4 Å². The standard InChI is InChI=1S/C23H30N4O3/c28-20-4-3-19(21(29)26-20)27-14-16-2-1-15(11-18(16)22(27)30)13-25-17-5-6-23(12-17)7-9-24-10-8-23/h1-2,11,17,19,24-25H,3-10,12-14H2,(H,26,28,29). The predicted molar refractivity (Wildman–Crippen MR) is 112 cm³/mol. The highest BCUT2D eigenvalue weighted by atomic mass is 16.2. The molecule has 0 bridgehead atoms. The molecule has 2 saturated heterocycles. The number of benzene rings is 1. The Morgan fingerprint density at radius 1 is 1.10 bits per heavy atom. The van der Waals surface area contributed by atoms with E-state index in [2.05, 4.69) is 22.0 Å². The van der Waals surface area contributed by atoms with Crippen molar-refractivity contribution in [3.05, 3.63) is 34.9 Å². The summed E-state index contributed by atoms with van der Waals surface area (Å²) < 4.78 is 0. The summed E-state index contributed by atoms with van der Waals surface area (Å²) in [5.41, 5.74) is 3.29. The Balaban J connectivity index is 1.21. The van der Waals surface area contributed by atoms with Crippen LogP contribution < -0.4 is 16.0 Å². The van der Waals surface area contributed by atoms with Crippen molar-refractivity contribution in [2.45, 2.75) is 70.1 Å². The second-order valence-electron chi connectivity index (χ2n) is 9.46. The highest BCUT2D eigenvalue weighted by Crippen LogP contribution is 2.45. The van der Waals surface area contributed by atoms with Crippen molar-refractivity contribution >= 4 is 17.7 Å². The lowest BCUT2D eigenvalue weighted by Gasteiger charge is -2.34. The fraction of sp³-hybridized carbons (Fsp3) is 0.609. The first-order chi connectivity index (χ1) is 14.5. The first-order valence-electron chi connectivity index (χ1n) is 11.2. The maximum absolute atomic E-state index is 13.0. The zero-order valence-electron chi connectivity index (χ0n) is 17.3. The van der Waals surface area contributed by atoms with E-state index >= 15 is 0 Å². The zero-order valence-corrected chi connectivity index (χ0v) is 17.3. The fourth-order valence-corrected chi connectivity index (χ4v) is 5.77. The smallest absolute Gasteiger partial charge is 0.255 e. The number of rotatable bonds is 4. The van der Waals surface area contributed by atoms with Crippen LogP contribution in [-0.4, -0.2) is 47.8 Å². The topological polar surface area (TPSA) is 90.5 Å². The van der Waals surface area contributed by atoms with E-state index in [9.17, 15) is 14.4 Å². The lowest BCUT2D eigenvalue weighted by atomic mass is 9.77. The summed E-state index contributed by atoms with van der Waals surface area (Å²) in [7, 11) is 0. The van der Waals surface area contributed by atoms with Gasteiger partial charge in [0.2, 0.25) is 11.8 Å². The molecule has 1 aliphatic carbocycles. The van der Waals surface area contributed by atoms with E-state index in [1.165, 1.54) is 32.1 Å². The summed E-state index contributed by atoms with van der Waals surface area (Å²) in [4.78, 5) is 38.2. The number of piperidine rings is 2. The van der Waals surface area contributed by atoms with Gasteiger partial charge in [-0.2, -0.15) is 0 Å². The Bertz CT molecular complexity index is 877. The van der Waals surface area contributed by atoms with Crippen molar-refractivity contribution in [3.63, 3.8) is 0 Å². The van der Waals surface area contributed by atoms with Crippen molar-refractivity contribution < 1.29 is 14.4 Å². The number of nitrogens with zero attached hydrogens (tertiary/aromatic N) is 1. The minimum atomic E-state index is -0.552. The summed E-state index contributed by atoms with van der Waals surface area (Å²) >= 11 is 0. The maximum atomic E-state index is 13.0. The van der Waals surface area contributed by atoms with Gasteiger partial charge in [-0.25, -0.2) is 0 Å². The van der Waals surface area contributed by atoms with Gasteiger partial charge in [-0.3, -0.25) is 19.7 Å². The molecular weight excluding hydrogens is 380 g/mol. The van der Waals surface area contributed by atoms with E-state index in [0.717, 1.165) is 30.8 Å². The third kappa shape index (κ3) is 3.65. The highest BCUT2D eigenvalue weighted by Gasteiger charge is 2.40. The Morgan fingerprint density at radius 3 is 2.73 bits per heavy atom. The molecule has 1 aromatic rings. The number of hydrogen-bond acceptors (Lipinski definition) is 5. The maximum Gasteiger partial charge on any atom is 0.255 e. The van der Waals surface area contributed by atoms with Crippen LogP contribution in [0.15, 0.2) is 18.2 Å². The number of amides is 3. The molecule has 7 heteroatoms. The predicted octanol–water partition coefficient (Wildman–Crippen LogP) is 1.46. The van der Waals surface area contributed by atoms with Crippen LogP contribution in [0, 0.1) is 5.41 Å². The third-order valence-electron chi connectivity index (χ3n) is 7.55. The summed E-state index contributed by atoms with van der Waals surface area (Å²) in [6.07, 6.45) is 7.05. The highest BCUT2D eigenvalue weighted by molar-refractivity contribution is 6.05. The largest absolute Gasteiger partial charge is 0.322 e. The Kier molecular flexibility index (Phi) is 5.11. The first-order valence-corrected chi connectivity index (χ1v) is 11.2. The van der Waals surface area contributed by atoms with Gasteiger partial charge in [0, 0.05) is 31.1 Å². The summed E-state index contributed by atoms with van der Waals surface area (Å²) in [5, 5.41) is 9.54. The van der Waals surface area contributed by atoms with Gasteiger partial charge in [0.15, 0.2) is 0 Å². The van der Waals surface area contributed by atoms with Crippen molar-refractivity contribution in [2.75, 3.05) is 13.1 Å². The van der Waals surface area contributed by atoms with Crippen LogP contribution in [-0.2, 0) is 22.7 Å². The summed E-state index contributed by atoms with van der Waals surface area (Å²) in [6, 6.07) is 6.07. The van der Waals surface area contributed by atoms with E-state index in [4.69, 9.17) is 0 Å². The van der Waals surface area contributed by atoms with Crippen molar-refractivity contribution in [3.8, 4) is 0 Å². The number of carbonyl (C=O) groups excluding carboxylic acids is 3. The van der Waals surface area contributed by atoms with Gasteiger partial charge < -0.3 is 15.5 Å². The SMILES string of the molecule is O=C1CCC(N2Cc3ccc(CNC4CCC5(CCNCC5)C4)cc3C2=O)C(=O)N1. The average molecular weight is 411 g/mol. The molecule has 5 rings (SSSR count). The fourth-order valence-electron chi connectivity index (χ4n) is 5.77. The molecule has 30 heavy (non-hydrogen) atoms. The first kappa shape index (κ1) is 19.7. The molecule has 160 valence electrons. The second-order valence-corrected chi connectivity index (χ2v) is 9.46. The van der Waals surface area contributed by atoms with Crippen LogP contribution in [0.25, 0.3) is 0 Å². The van der Waals surface area contributed by atoms with Gasteiger partial charge in [0.1, 0.15) is 6.04 Å². The quantitative estimate of drug-likeness (QED) is 0.654. The molecule has 3 N–H and O–H groups in total. The van der Waals surface area contributed by atoms with Crippen molar-refractivity contribution in [1.29, 1.82) is 0 Å². The molecule has 0 radical (unpaired) electrons. The molecule has 3 amide bonds. The van der Waals surface area contributed by atoms with Crippen LogP contribution in [0.5, 0.6) is 0 Å². The number of nitrogens with one attached hydrogen (secondary N) is 3. The van der Waals surface area contributed by atoms with Gasteiger partial charge in [0.25, 0.3) is 5.91 Å². The number of carbonyl (C=O) groups is 3. The Labute approximate surface area is 177 Å². The molecule has 3 heterocycles. The van der Waals surface area contributed by atoms with E-state index in [1.54, 1.807) is 4.90 Å². The van der Waals surface area contributed by atoms with E-state index in [-0.39, 0.29) is 24.1 Å². The lowest BCUT2D eigenvalue weighted by Crippen LogP contribution is -2.52. The van der Waals surface area contributed by atoms with Crippen LogP contribution in [0.2, 0.25) is 0 Å². The number of fused-ring (bicyclic) bond motifs is 1. The molecule has 2 atom stereocenters. The van der Waals surface area contributed by atoms with Gasteiger partial charge in [-0.1, -0.05) is 12.1 Å². The van der Waals surface area contributed by atoms with Gasteiger partial charge >= 0.3 is 0 Å². The number of imide groups is 1. The minimum absolute atomic E-state index is 0.101. The average Bonchev–Trinajstić information content (AvgIpc) is 3.28. The summed E-state index contributed by atoms with van der Waals surface area (Å²) in [5.74, 6) is -0.717. The molecule has 2 unspecified atom stereocenters. The normalized spacial score (nSPS) is 28.1. The van der Waals surface area contributed by atoms with Crippen LogP contribution in [0.3, 0.4) is 0 Å². The summed E-state index contributed by atoms with van der Waals surface area (Å²) in [6.45, 7) is 3.48. The van der Waals surface area contributed by atoms with Crippen LogP contribution >= 0.6 is 0 Å². The molecule has 4 aliphatic rings. The minimum Gasteiger partial charge on any atom is -0.322 e. The molecule has 1 saturated carbocycles. The molecule has 3 fully saturated rings. The van der Waals surface area contributed by atoms with Crippen molar-refractivity contribution in [1.82, 2.24) is 20.9 Å². The second kappa shape index (κ2) is 7.78. The van der Waals surface area contributed by atoms with Gasteiger partial charge in [0.05, 0.1) is 0 Å². The van der Waals surface area contributed by atoms with Gasteiger partial charge in [-0.05, 0) is 74.2 Å². The van der Waals surface area contributed by atoms with E-state index < -0.39 is 6.04 Å².